The normalized spacial score (nSPS) is 16.7. The minimum atomic E-state index is -0.283. The fourth-order valence-electron chi connectivity index (χ4n) is 2.29. The molecule has 1 N–H and O–H groups in total. The van der Waals surface area contributed by atoms with E-state index in [2.05, 4.69) is 20.5 Å². The maximum Gasteiger partial charge on any atom is 0.148 e. The Morgan fingerprint density at radius 2 is 2.00 bits per heavy atom. The van der Waals surface area contributed by atoms with E-state index in [-0.39, 0.29) is 5.82 Å². The van der Waals surface area contributed by atoms with Crippen LogP contribution < -0.4 is 5.32 Å². The summed E-state index contributed by atoms with van der Waals surface area (Å²) in [6, 6.07) is 6.62. The molecule has 0 bridgehead atoms. The number of rotatable bonds is 3. The molecule has 2 heterocycles. The molecule has 2 aromatic rings. The van der Waals surface area contributed by atoms with Crippen molar-refractivity contribution in [3.8, 4) is 5.69 Å². The first kappa shape index (κ1) is 12.3. The van der Waals surface area contributed by atoms with Crippen molar-refractivity contribution in [1.82, 2.24) is 25.2 Å². The molecule has 0 amide bonds. The van der Waals surface area contributed by atoms with Gasteiger partial charge in [-0.05, 0) is 12.1 Å². The Hall–Kier alpha value is -1.79. The van der Waals surface area contributed by atoms with Crippen LogP contribution in [0.15, 0.2) is 30.5 Å². The van der Waals surface area contributed by atoms with E-state index in [9.17, 15) is 4.39 Å². The van der Waals surface area contributed by atoms with Crippen LogP contribution in [0, 0.1) is 5.82 Å². The summed E-state index contributed by atoms with van der Waals surface area (Å²) in [5, 5.41) is 11.2. The molecular weight excluding hydrogens is 245 g/mol. The molecule has 5 nitrogen and oxygen atoms in total. The van der Waals surface area contributed by atoms with E-state index in [1.807, 2.05) is 0 Å². The predicted octanol–water partition coefficient (Wildman–Crippen LogP) is 0.812. The Morgan fingerprint density at radius 3 is 2.79 bits per heavy atom. The third-order valence-corrected chi connectivity index (χ3v) is 3.30. The van der Waals surface area contributed by atoms with Crippen LogP contribution in [0.2, 0.25) is 0 Å². The van der Waals surface area contributed by atoms with Crippen molar-refractivity contribution in [1.29, 1.82) is 0 Å². The zero-order chi connectivity index (χ0) is 13.1. The highest BCUT2D eigenvalue weighted by Gasteiger charge is 2.15. The van der Waals surface area contributed by atoms with Gasteiger partial charge in [0.05, 0.1) is 11.9 Å². The summed E-state index contributed by atoms with van der Waals surface area (Å²) >= 11 is 0. The average molecular weight is 261 g/mol. The third kappa shape index (κ3) is 2.64. The monoisotopic (exact) mass is 261 g/mol. The molecule has 0 spiro atoms. The van der Waals surface area contributed by atoms with Crippen LogP contribution in [0.1, 0.15) is 5.69 Å². The number of nitrogens with zero attached hydrogens (tertiary/aromatic N) is 4. The smallest absolute Gasteiger partial charge is 0.148 e. The molecule has 1 saturated heterocycles. The molecule has 6 heteroatoms. The van der Waals surface area contributed by atoms with Gasteiger partial charge in [0.2, 0.25) is 0 Å². The van der Waals surface area contributed by atoms with E-state index in [0.717, 1.165) is 38.4 Å². The number of nitrogens with one attached hydrogen (secondary N) is 1. The van der Waals surface area contributed by atoms with Crippen molar-refractivity contribution in [2.24, 2.45) is 0 Å². The van der Waals surface area contributed by atoms with Crippen molar-refractivity contribution >= 4 is 0 Å². The van der Waals surface area contributed by atoms with E-state index in [1.54, 1.807) is 29.1 Å². The maximum atomic E-state index is 13.8. The van der Waals surface area contributed by atoms with Crippen molar-refractivity contribution in [2.45, 2.75) is 6.54 Å². The number of piperazine rings is 1. The molecular formula is C13H16FN5. The molecule has 1 aromatic carbocycles. The molecule has 0 atom stereocenters. The van der Waals surface area contributed by atoms with Gasteiger partial charge in [-0.15, -0.1) is 5.10 Å². The Morgan fingerprint density at radius 1 is 1.21 bits per heavy atom. The minimum Gasteiger partial charge on any atom is -0.314 e. The molecule has 1 aliphatic heterocycles. The lowest BCUT2D eigenvalue weighted by atomic mass is 10.3. The SMILES string of the molecule is Fc1ccccc1-n1nncc1CN1CCNCC1. The quantitative estimate of drug-likeness (QED) is 0.888. The lowest BCUT2D eigenvalue weighted by Crippen LogP contribution is -2.43. The molecule has 3 rings (SSSR count). The topological polar surface area (TPSA) is 46.0 Å². The average Bonchev–Trinajstić information content (AvgIpc) is 2.88. The minimum absolute atomic E-state index is 0.283. The van der Waals surface area contributed by atoms with E-state index in [1.165, 1.54) is 6.07 Å². The summed E-state index contributed by atoms with van der Waals surface area (Å²) in [5.41, 5.74) is 1.36. The van der Waals surface area contributed by atoms with Gasteiger partial charge in [-0.25, -0.2) is 9.07 Å². The molecule has 1 aliphatic rings. The number of halogens is 1. The lowest BCUT2D eigenvalue weighted by molar-refractivity contribution is 0.229. The zero-order valence-electron chi connectivity index (χ0n) is 10.6. The van der Waals surface area contributed by atoms with Gasteiger partial charge in [-0.1, -0.05) is 17.3 Å². The number of benzene rings is 1. The summed E-state index contributed by atoms with van der Waals surface area (Å²) in [7, 11) is 0. The number of para-hydroxylation sites is 1. The van der Waals surface area contributed by atoms with Crippen LogP contribution in [0.5, 0.6) is 0 Å². The fraction of sp³-hybridized carbons (Fsp3) is 0.385. The van der Waals surface area contributed by atoms with E-state index >= 15 is 0 Å². The molecule has 0 saturated carbocycles. The Bertz CT molecular complexity index is 547. The molecule has 19 heavy (non-hydrogen) atoms. The van der Waals surface area contributed by atoms with Gasteiger partial charge < -0.3 is 5.32 Å². The van der Waals surface area contributed by atoms with E-state index in [0.29, 0.717) is 5.69 Å². The highest BCUT2D eigenvalue weighted by molar-refractivity contribution is 5.33. The second kappa shape index (κ2) is 5.46. The molecule has 0 aliphatic carbocycles. The number of aromatic nitrogens is 3. The van der Waals surface area contributed by atoms with Crippen LogP contribution in [0.4, 0.5) is 4.39 Å². The lowest BCUT2D eigenvalue weighted by Gasteiger charge is -2.26. The van der Waals surface area contributed by atoms with Crippen molar-refractivity contribution in [3.05, 3.63) is 42.0 Å². The largest absolute Gasteiger partial charge is 0.314 e. The summed E-state index contributed by atoms with van der Waals surface area (Å²) in [4.78, 5) is 2.31. The van der Waals surface area contributed by atoms with Gasteiger partial charge in [0.25, 0.3) is 0 Å². The van der Waals surface area contributed by atoms with Gasteiger partial charge in [-0.2, -0.15) is 0 Å². The van der Waals surface area contributed by atoms with Crippen LogP contribution in [-0.2, 0) is 6.54 Å². The van der Waals surface area contributed by atoms with E-state index in [4.69, 9.17) is 0 Å². The highest BCUT2D eigenvalue weighted by Crippen LogP contribution is 2.14. The first-order chi connectivity index (χ1) is 9.34. The maximum absolute atomic E-state index is 13.8. The predicted molar refractivity (Wildman–Crippen MR) is 69.5 cm³/mol. The van der Waals surface area contributed by atoms with Crippen LogP contribution >= 0.6 is 0 Å². The van der Waals surface area contributed by atoms with Gasteiger partial charge in [0.15, 0.2) is 0 Å². The second-order valence-corrected chi connectivity index (χ2v) is 4.61. The summed E-state index contributed by atoms with van der Waals surface area (Å²) in [6.45, 7) is 4.69. The number of hydrogen-bond donors (Lipinski definition) is 1. The summed E-state index contributed by atoms with van der Waals surface area (Å²) in [6.07, 6.45) is 1.70. The van der Waals surface area contributed by atoms with E-state index < -0.39 is 0 Å². The second-order valence-electron chi connectivity index (χ2n) is 4.61. The molecule has 1 aromatic heterocycles. The zero-order valence-corrected chi connectivity index (χ0v) is 10.6. The van der Waals surface area contributed by atoms with Crippen LogP contribution in [0.3, 0.4) is 0 Å². The molecule has 0 radical (unpaired) electrons. The standard InChI is InChI=1S/C13H16FN5/c14-12-3-1-2-4-13(12)19-11(9-16-17-19)10-18-7-5-15-6-8-18/h1-4,9,15H,5-8,10H2. The third-order valence-electron chi connectivity index (χ3n) is 3.30. The van der Waals surface area contributed by atoms with Crippen molar-refractivity contribution in [3.63, 3.8) is 0 Å². The Kier molecular flexibility index (Phi) is 3.52. The first-order valence-electron chi connectivity index (χ1n) is 6.42. The Balaban J connectivity index is 1.84. The molecule has 1 fully saturated rings. The van der Waals surface area contributed by atoms with Gasteiger partial charge in [-0.3, -0.25) is 4.90 Å². The molecule has 0 unspecified atom stereocenters. The van der Waals surface area contributed by atoms with Crippen molar-refractivity contribution < 1.29 is 4.39 Å². The highest BCUT2D eigenvalue weighted by atomic mass is 19.1. The summed E-state index contributed by atoms with van der Waals surface area (Å²) in [5.74, 6) is -0.283. The fourth-order valence-corrected chi connectivity index (χ4v) is 2.29. The van der Waals surface area contributed by atoms with Crippen LogP contribution in [0.25, 0.3) is 5.69 Å². The van der Waals surface area contributed by atoms with Crippen molar-refractivity contribution in [2.75, 3.05) is 26.2 Å². The van der Waals surface area contributed by atoms with Crippen LogP contribution in [-0.4, -0.2) is 46.1 Å². The molecule has 100 valence electrons. The summed E-state index contributed by atoms with van der Waals surface area (Å²) < 4.78 is 15.4. The number of hydrogen-bond acceptors (Lipinski definition) is 4. The van der Waals surface area contributed by atoms with Gasteiger partial charge in [0.1, 0.15) is 11.5 Å². The Labute approximate surface area is 111 Å². The van der Waals surface area contributed by atoms with Gasteiger partial charge >= 0.3 is 0 Å². The van der Waals surface area contributed by atoms with Gasteiger partial charge in [0, 0.05) is 32.7 Å². The first-order valence-corrected chi connectivity index (χ1v) is 6.42.